The van der Waals surface area contributed by atoms with Gasteiger partial charge in [0.25, 0.3) is 0 Å². The summed E-state index contributed by atoms with van der Waals surface area (Å²) in [5.41, 5.74) is 1.38. The molecule has 0 spiro atoms. The molecule has 0 aliphatic heterocycles. The lowest BCUT2D eigenvalue weighted by molar-refractivity contribution is 0.252. The molecular weight excluding hydrogens is 253 g/mol. The predicted octanol–water partition coefficient (Wildman–Crippen LogP) is 4.77. The van der Waals surface area contributed by atoms with Gasteiger partial charge in [-0.2, -0.15) is 0 Å². The highest BCUT2D eigenvalue weighted by atomic mass is 35.5. The monoisotopic (exact) mass is 273 g/mol. The molecule has 0 saturated carbocycles. The summed E-state index contributed by atoms with van der Waals surface area (Å²) in [6.45, 7) is 10.8. The number of hydrogen-bond donors (Lipinski definition) is 1. The smallest absolute Gasteiger partial charge is 0.0637 e. The maximum Gasteiger partial charge on any atom is 0.0637 e. The van der Waals surface area contributed by atoms with Crippen LogP contribution in [0.15, 0.2) is 18.2 Å². The van der Waals surface area contributed by atoms with Gasteiger partial charge in [0.1, 0.15) is 0 Å². The normalized spacial score (nSPS) is 13.8. The minimum Gasteiger partial charge on any atom is -0.312 e. The minimum atomic E-state index is 0.325. The number of nitrogens with one attached hydrogen (secondary N) is 1. The zero-order valence-electron chi connectivity index (χ0n) is 11.0. The summed E-state index contributed by atoms with van der Waals surface area (Å²) in [6.07, 6.45) is 0. The van der Waals surface area contributed by atoms with Crippen LogP contribution >= 0.6 is 23.2 Å². The highest BCUT2D eigenvalue weighted by Crippen LogP contribution is 2.26. The van der Waals surface area contributed by atoms with E-state index >= 15 is 0 Å². The van der Waals surface area contributed by atoms with E-state index in [4.69, 9.17) is 23.2 Å². The van der Waals surface area contributed by atoms with Crippen LogP contribution in [-0.4, -0.2) is 6.54 Å². The van der Waals surface area contributed by atoms with Crippen LogP contribution < -0.4 is 5.32 Å². The van der Waals surface area contributed by atoms with E-state index in [0.717, 1.165) is 18.7 Å². The molecule has 0 bridgehead atoms. The molecule has 1 rings (SSSR count). The quantitative estimate of drug-likeness (QED) is 0.834. The summed E-state index contributed by atoms with van der Waals surface area (Å²) >= 11 is 12.1. The Kier molecular flexibility index (Phi) is 5.30. The van der Waals surface area contributed by atoms with Gasteiger partial charge in [-0.25, -0.2) is 0 Å². The Hall–Kier alpha value is -0.240. The summed E-state index contributed by atoms with van der Waals surface area (Å²) in [4.78, 5) is 0. The van der Waals surface area contributed by atoms with Crippen LogP contribution in [0.5, 0.6) is 0 Å². The van der Waals surface area contributed by atoms with Crippen molar-refractivity contribution in [1.82, 2.24) is 5.32 Å². The highest BCUT2D eigenvalue weighted by molar-refractivity contribution is 6.42. The SMILES string of the molecule is CC(CNCc1cccc(Cl)c1Cl)C(C)(C)C. The van der Waals surface area contributed by atoms with Crippen LogP contribution in [0.3, 0.4) is 0 Å². The Morgan fingerprint density at radius 2 is 1.88 bits per heavy atom. The van der Waals surface area contributed by atoms with Gasteiger partial charge in [0.05, 0.1) is 10.0 Å². The lowest BCUT2D eigenvalue weighted by atomic mass is 9.82. The van der Waals surface area contributed by atoms with Crippen molar-refractivity contribution in [2.45, 2.75) is 34.2 Å². The molecule has 1 nitrogen and oxygen atoms in total. The lowest BCUT2D eigenvalue weighted by Gasteiger charge is -2.27. The van der Waals surface area contributed by atoms with Crippen molar-refractivity contribution in [3.8, 4) is 0 Å². The second kappa shape index (κ2) is 6.08. The van der Waals surface area contributed by atoms with E-state index in [1.54, 1.807) is 0 Å². The molecule has 3 heteroatoms. The van der Waals surface area contributed by atoms with Crippen LogP contribution in [0.2, 0.25) is 10.0 Å². The molecule has 1 unspecified atom stereocenters. The van der Waals surface area contributed by atoms with Gasteiger partial charge in [0, 0.05) is 6.54 Å². The zero-order chi connectivity index (χ0) is 13.1. The average molecular weight is 274 g/mol. The molecule has 0 aliphatic rings. The van der Waals surface area contributed by atoms with E-state index in [1.807, 2.05) is 18.2 Å². The summed E-state index contributed by atoms with van der Waals surface area (Å²) in [5.74, 6) is 0.612. The molecule has 1 atom stereocenters. The van der Waals surface area contributed by atoms with Crippen LogP contribution in [0.4, 0.5) is 0 Å². The Bertz CT molecular complexity index is 369. The number of benzene rings is 1. The summed E-state index contributed by atoms with van der Waals surface area (Å²) in [5, 5.41) is 4.71. The third-order valence-corrected chi connectivity index (χ3v) is 4.13. The van der Waals surface area contributed by atoms with Gasteiger partial charge < -0.3 is 5.32 Å². The molecule has 0 saturated heterocycles. The van der Waals surface area contributed by atoms with Gasteiger partial charge in [-0.3, -0.25) is 0 Å². The Morgan fingerprint density at radius 3 is 2.47 bits per heavy atom. The number of rotatable bonds is 4. The standard InChI is InChI=1S/C14H21Cl2N/c1-10(14(2,3)4)8-17-9-11-6-5-7-12(15)13(11)16/h5-7,10,17H,8-9H2,1-4H3. The van der Waals surface area contributed by atoms with Gasteiger partial charge >= 0.3 is 0 Å². The van der Waals surface area contributed by atoms with Crippen molar-refractivity contribution < 1.29 is 0 Å². The van der Waals surface area contributed by atoms with Gasteiger partial charge in [-0.05, 0) is 29.5 Å². The predicted molar refractivity (Wildman–Crippen MR) is 76.8 cm³/mol. The molecule has 0 heterocycles. The van der Waals surface area contributed by atoms with E-state index < -0.39 is 0 Å². The van der Waals surface area contributed by atoms with Crippen molar-refractivity contribution in [3.63, 3.8) is 0 Å². The molecule has 1 aromatic carbocycles. The van der Waals surface area contributed by atoms with Crippen molar-refractivity contribution in [3.05, 3.63) is 33.8 Å². The van der Waals surface area contributed by atoms with E-state index in [1.165, 1.54) is 0 Å². The van der Waals surface area contributed by atoms with Crippen LogP contribution in [0, 0.1) is 11.3 Å². The molecule has 0 aliphatic carbocycles. The van der Waals surface area contributed by atoms with Crippen LogP contribution in [0.25, 0.3) is 0 Å². The second-order valence-corrected chi connectivity index (χ2v) is 6.40. The Labute approximate surface area is 115 Å². The van der Waals surface area contributed by atoms with Crippen LogP contribution in [0.1, 0.15) is 33.3 Å². The van der Waals surface area contributed by atoms with Crippen molar-refractivity contribution in [2.75, 3.05) is 6.54 Å². The van der Waals surface area contributed by atoms with Crippen molar-refractivity contribution in [2.24, 2.45) is 11.3 Å². The zero-order valence-corrected chi connectivity index (χ0v) is 12.5. The van der Waals surface area contributed by atoms with E-state index in [-0.39, 0.29) is 0 Å². The fourth-order valence-electron chi connectivity index (χ4n) is 1.41. The number of halogens is 2. The molecule has 0 fully saturated rings. The molecular formula is C14H21Cl2N. The largest absolute Gasteiger partial charge is 0.312 e. The molecule has 1 aromatic rings. The maximum atomic E-state index is 6.13. The summed E-state index contributed by atoms with van der Waals surface area (Å²) in [7, 11) is 0. The fourth-order valence-corrected chi connectivity index (χ4v) is 1.80. The Balaban J connectivity index is 2.49. The maximum absolute atomic E-state index is 6.13. The first-order valence-corrected chi connectivity index (χ1v) is 6.71. The first-order valence-electron chi connectivity index (χ1n) is 5.96. The summed E-state index contributed by atoms with van der Waals surface area (Å²) < 4.78 is 0. The molecule has 1 N–H and O–H groups in total. The first kappa shape index (κ1) is 14.8. The second-order valence-electron chi connectivity index (χ2n) is 5.61. The van der Waals surface area contributed by atoms with Crippen molar-refractivity contribution >= 4 is 23.2 Å². The average Bonchev–Trinajstić information content (AvgIpc) is 2.22. The van der Waals surface area contributed by atoms with E-state index in [2.05, 4.69) is 33.0 Å². The van der Waals surface area contributed by atoms with Crippen molar-refractivity contribution in [1.29, 1.82) is 0 Å². The fraction of sp³-hybridized carbons (Fsp3) is 0.571. The highest BCUT2D eigenvalue weighted by Gasteiger charge is 2.19. The molecule has 17 heavy (non-hydrogen) atoms. The molecule has 96 valence electrons. The van der Waals surface area contributed by atoms with E-state index in [0.29, 0.717) is 21.4 Å². The first-order chi connectivity index (χ1) is 7.82. The number of hydrogen-bond acceptors (Lipinski definition) is 1. The molecule has 0 aromatic heterocycles. The lowest BCUT2D eigenvalue weighted by Crippen LogP contribution is -2.29. The van der Waals surface area contributed by atoms with Gasteiger partial charge in [0.15, 0.2) is 0 Å². The molecule has 0 radical (unpaired) electrons. The van der Waals surface area contributed by atoms with Gasteiger partial charge in [-0.15, -0.1) is 0 Å². The van der Waals surface area contributed by atoms with E-state index in [9.17, 15) is 0 Å². The molecule has 0 amide bonds. The third-order valence-electron chi connectivity index (χ3n) is 3.28. The Morgan fingerprint density at radius 1 is 1.24 bits per heavy atom. The topological polar surface area (TPSA) is 12.0 Å². The van der Waals surface area contributed by atoms with Gasteiger partial charge in [0.2, 0.25) is 0 Å². The van der Waals surface area contributed by atoms with Gasteiger partial charge in [-0.1, -0.05) is 63.0 Å². The minimum absolute atomic E-state index is 0.325. The summed E-state index contributed by atoms with van der Waals surface area (Å²) in [6, 6.07) is 5.74. The van der Waals surface area contributed by atoms with Crippen LogP contribution in [-0.2, 0) is 6.54 Å². The third kappa shape index (κ3) is 4.50.